The Kier molecular flexibility index (Phi) is 4.55. The molecule has 1 aliphatic carbocycles. The van der Waals surface area contributed by atoms with Gasteiger partial charge in [-0.1, -0.05) is 29.6 Å². The fourth-order valence-electron chi connectivity index (χ4n) is 2.87. The number of anilines is 1. The van der Waals surface area contributed by atoms with E-state index in [1.165, 1.54) is 6.42 Å². The third-order valence-corrected chi connectivity index (χ3v) is 4.89. The topological polar surface area (TPSA) is 45.2 Å². The van der Waals surface area contributed by atoms with Crippen molar-refractivity contribution in [2.24, 2.45) is 5.92 Å². The summed E-state index contributed by atoms with van der Waals surface area (Å²) in [5.74, 6) is 1.28. The summed E-state index contributed by atoms with van der Waals surface area (Å²) in [4.78, 5) is 18.4. The zero-order chi connectivity index (χ0) is 14.8. The second-order valence-electron chi connectivity index (χ2n) is 5.86. The van der Waals surface area contributed by atoms with Crippen LogP contribution < -0.4 is 10.2 Å². The lowest BCUT2D eigenvalue weighted by molar-refractivity contribution is -0.128. The molecule has 4 nitrogen and oxygen atoms in total. The first-order valence-corrected chi connectivity index (χ1v) is 8.25. The average Bonchev–Trinajstić information content (AvgIpc) is 2.38. The van der Waals surface area contributed by atoms with Gasteiger partial charge in [0.1, 0.15) is 5.82 Å². The molecule has 0 unspecified atom stereocenters. The molecule has 1 aromatic rings. The number of nitrogens with zero attached hydrogens (tertiary/aromatic N) is 2. The van der Waals surface area contributed by atoms with Crippen molar-refractivity contribution < 1.29 is 4.79 Å². The van der Waals surface area contributed by atoms with Crippen LogP contribution in [0.25, 0.3) is 0 Å². The van der Waals surface area contributed by atoms with Gasteiger partial charge in [0, 0.05) is 31.2 Å². The van der Waals surface area contributed by atoms with Crippen LogP contribution in [0.3, 0.4) is 0 Å². The van der Waals surface area contributed by atoms with E-state index in [0.717, 1.165) is 44.6 Å². The SMILES string of the molecule is O=C(NC1CCN(c2ncc(Cl)cc2Cl)CC1)C1CCC1. The Morgan fingerprint density at radius 2 is 1.95 bits per heavy atom. The minimum atomic E-state index is 0.238. The maximum absolute atomic E-state index is 12.0. The normalized spacial score (nSPS) is 20.2. The van der Waals surface area contributed by atoms with Gasteiger partial charge in [0.25, 0.3) is 0 Å². The highest BCUT2D eigenvalue weighted by Crippen LogP contribution is 2.29. The highest BCUT2D eigenvalue weighted by atomic mass is 35.5. The quantitative estimate of drug-likeness (QED) is 0.926. The third-order valence-electron chi connectivity index (χ3n) is 4.41. The molecule has 21 heavy (non-hydrogen) atoms. The van der Waals surface area contributed by atoms with Gasteiger partial charge in [-0.05, 0) is 31.7 Å². The van der Waals surface area contributed by atoms with Crippen LogP contribution in [0.5, 0.6) is 0 Å². The summed E-state index contributed by atoms with van der Waals surface area (Å²) in [7, 11) is 0. The van der Waals surface area contributed by atoms with Crippen LogP contribution in [0.15, 0.2) is 12.3 Å². The van der Waals surface area contributed by atoms with Crippen molar-refractivity contribution in [3.05, 3.63) is 22.3 Å². The number of amides is 1. The number of carbonyl (C=O) groups is 1. The first kappa shape index (κ1) is 14.9. The van der Waals surface area contributed by atoms with E-state index in [1.807, 2.05) is 0 Å². The first-order valence-electron chi connectivity index (χ1n) is 7.50. The van der Waals surface area contributed by atoms with Gasteiger partial charge in [-0.3, -0.25) is 4.79 Å². The number of pyridine rings is 1. The molecule has 0 bridgehead atoms. The molecule has 1 N–H and O–H groups in total. The van der Waals surface area contributed by atoms with Gasteiger partial charge >= 0.3 is 0 Å². The predicted molar refractivity (Wildman–Crippen MR) is 85.0 cm³/mol. The molecule has 2 heterocycles. The summed E-state index contributed by atoms with van der Waals surface area (Å²) < 4.78 is 0. The van der Waals surface area contributed by atoms with Crippen LogP contribution in [0, 0.1) is 5.92 Å². The Hall–Kier alpha value is -1.000. The summed E-state index contributed by atoms with van der Waals surface area (Å²) in [6.45, 7) is 1.70. The molecule has 3 rings (SSSR count). The van der Waals surface area contributed by atoms with Crippen molar-refractivity contribution in [1.29, 1.82) is 0 Å². The van der Waals surface area contributed by atoms with Crippen LogP contribution in [-0.4, -0.2) is 30.0 Å². The molecule has 1 aliphatic heterocycles. The van der Waals surface area contributed by atoms with Crippen LogP contribution in [0.2, 0.25) is 10.0 Å². The van der Waals surface area contributed by atoms with Crippen molar-refractivity contribution in [3.8, 4) is 0 Å². The van der Waals surface area contributed by atoms with E-state index in [0.29, 0.717) is 10.0 Å². The van der Waals surface area contributed by atoms with E-state index in [9.17, 15) is 4.79 Å². The molecule has 2 aliphatic rings. The minimum absolute atomic E-state index is 0.238. The van der Waals surface area contributed by atoms with Crippen molar-refractivity contribution in [1.82, 2.24) is 10.3 Å². The van der Waals surface area contributed by atoms with Crippen molar-refractivity contribution in [2.45, 2.75) is 38.1 Å². The first-order chi connectivity index (χ1) is 10.1. The van der Waals surface area contributed by atoms with Gasteiger partial charge in [-0.2, -0.15) is 0 Å². The molecule has 0 aromatic carbocycles. The molecule has 0 atom stereocenters. The van der Waals surface area contributed by atoms with E-state index in [1.54, 1.807) is 12.3 Å². The number of halogens is 2. The smallest absolute Gasteiger partial charge is 0.223 e. The number of piperidine rings is 1. The Balaban J connectivity index is 1.53. The molecule has 1 saturated heterocycles. The maximum atomic E-state index is 12.0. The Bertz CT molecular complexity index is 526. The predicted octanol–water partition coefficient (Wildman–Crippen LogP) is 3.27. The Morgan fingerprint density at radius 1 is 1.24 bits per heavy atom. The van der Waals surface area contributed by atoms with Gasteiger partial charge in [0.15, 0.2) is 0 Å². The monoisotopic (exact) mass is 327 g/mol. The average molecular weight is 328 g/mol. The second-order valence-corrected chi connectivity index (χ2v) is 6.70. The Morgan fingerprint density at radius 3 is 2.52 bits per heavy atom. The zero-order valence-electron chi connectivity index (χ0n) is 11.8. The lowest BCUT2D eigenvalue weighted by Crippen LogP contribution is -2.47. The summed E-state index contributed by atoms with van der Waals surface area (Å²) in [6.07, 6.45) is 6.77. The van der Waals surface area contributed by atoms with Crippen molar-refractivity contribution in [2.75, 3.05) is 18.0 Å². The molecule has 1 saturated carbocycles. The van der Waals surface area contributed by atoms with E-state index in [-0.39, 0.29) is 17.9 Å². The van der Waals surface area contributed by atoms with Gasteiger partial charge in [-0.25, -0.2) is 4.98 Å². The van der Waals surface area contributed by atoms with E-state index in [4.69, 9.17) is 23.2 Å². The van der Waals surface area contributed by atoms with Gasteiger partial charge in [-0.15, -0.1) is 0 Å². The van der Waals surface area contributed by atoms with Crippen molar-refractivity contribution in [3.63, 3.8) is 0 Å². The van der Waals surface area contributed by atoms with Gasteiger partial charge < -0.3 is 10.2 Å². The lowest BCUT2D eigenvalue weighted by atomic mass is 9.84. The number of carbonyl (C=O) groups excluding carboxylic acids is 1. The molecule has 114 valence electrons. The highest BCUT2D eigenvalue weighted by Gasteiger charge is 2.28. The Labute approximate surface area is 134 Å². The summed E-state index contributed by atoms with van der Waals surface area (Å²) >= 11 is 12.1. The second kappa shape index (κ2) is 6.41. The molecule has 2 fully saturated rings. The van der Waals surface area contributed by atoms with Crippen LogP contribution in [-0.2, 0) is 4.79 Å². The van der Waals surface area contributed by atoms with Gasteiger partial charge in [0.2, 0.25) is 5.91 Å². The maximum Gasteiger partial charge on any atom is 0.223 e. The van der Waals surface area contributed by atoms with Crippen molar-refractivity contribution >= 4 is 34.9 Å². The zero-order valence-corrected chi connectivity index (χ0v) is 13.3. The minimum Gasteiger partial charge on any atom is -0.355 e. The molecule has 1 amide bonds. The van der Waals surface area contributed by atoms with Crippen LogP contribution >= 0.6 is 23.2 Å². The summed E-state index contributed by atoms with van der Waals surface area (Å²) in [5, 5.41) is 4.31. The fraction of sp³-hybridized carbons (Fsp3) is 0.600. The summed E-state index contributed by atoms with van der Waals surface area (Å²) in [6, 6.07) is 2.00. The molecule has 0 radical (unpaired) electrons. The number of hydrogen-bond donors (Lipinski definition) is 1. The number of rotatable bonds is 3. The number of nitrogens with one attached hydrogen (secondary N) is 1. The molecule has 6 heteroatoms. The molecular formula is C15H19Cl2N3O. The van der Waals surface area contributed by atoms with Crippen LogP contribution in [0.4, 0.5) is 5.82 Å². The highest BCUT2D eigenvalue weighted by molar-refractivity contribution is 6.36. The third kappa shape index (κ3) is 3.43. The molecule has 0 spiro atoms. The standard InChI is InChI=1S/C15H19Cl2N3O/c16-11-8-13(17)14(18-9-11)20-6-4-12(5-7-20)19-15(21)10-2-1-3-10/h8-10,12H,1-7H2,(H,19,21). The molecular weight excluding hydrogens is 309 g/mol. The van der Waals surface area contributed by atoms with E-state index < -0.39 is 0 Å². The number of aromatic nitrogens is 1. The fourth-order valence-corrected chi connectivity index (χ4v) is 3.36. The van der Waals surface area contributed by atoms with Gasteiger partial charge in [0.05, 0.1) is 10.0 Å². The summed E-state index contributed by atoms with van der Waals surface area (Å²) in [5.41, 5.74) is 0. The number of hydrogen-bond acceptors (Lipinski definition) is 3. The van der Waals surface area contributed by atoms with Crippen LogP contribution in [0.1, 0.15) is 32.1 Å². The lowest BCUT2D eigenvalue weighted by Gasteiger charge is -2.35. The largest absolute Gasteiger partial charge is 0.355 e. The van der Waals surface area contributed by atoms with E-state index in [2.05, 4.69) is 15.2 Å². The van der Waals surface area contributed by atoms with E-state index >= 15 is 0 Å². The molecule has 1 aromatic heterocycles.